The number of ketones is 1. The topological polar surface area (TPSA) is 63.7 Å². The first-order chi connectivity index (χ1) is 17.4. The van der Waals surface area contributed by atoms with E-state index in [-0.39, 0.29) is 6.07 Å². The fraction of sp³-hybridized carbons (Fsp3) is 0.296. The number of hydrogen-bond donors (Lipinski definition) is 0. The van der Waals surface area contributed by atoms with E-state index in [0.717, 1.165) is 5.39 Å². The van der Waals surface area contributed by atoms with Crippen molar-refractivity contribution in [2.24, 2.45) is 0 Å². The van der Waals surface area contributed by atoms with Gasteiger partial charge >= 0.3 is 18.3 Å². The average molecular weight is 539 g/mol. The largest absolute Gasteiger partial charge is 0.454 e. The van der Waals surface area contributed by atoms with Crippen LogP contribution in [0.15, 0.2) is 60.7 Å². The van der Waals surface area contributed by atoms with Crippen molar-refractivity contribution < 1.29 is 45.5 Å². The number of esters is 1. The Morgan fingerprint density at radius 3 is 1.84 bits per heavy atom. The first-order valence-electron chi connectivity index (χ1n) is 11.3. The van der Waals surface area contributed by atoms with Gasteiger partial charge in [-0.15, -0.1) is 0 Å². The smallest absolute Gasteiger partial charge is 0.416 e. The molecule has 0 saturated carbocycles. The van der Waals surface area contributed by atoms with Crippen molar-refractivity contribution in [3.63, 3.8) is 0 Å². The molecule has 0 fully saturated rings. The first kappa shape index (κ1) is 28.7. The highest BCUT2D eigenvalue weighted by Crippen LogP contribution is 2.39. The molecule has 0 radical (unpaired) electrons. The number of carbonyl (C=O) groups excluding carboxylic acids is 3. The number of fused-ring (bicyclic) bond motifs is 1. The molecule has 0 aliphatic rings. The van der Waals surface area contributed by atoms with Crippen LogP contribution in [0.4, 0.5) is 32.0 Å². The molecule has 38 heavy (non-hydrogen) atoms. The van der Waals surface area contributed by atoms with Crippen molar-refractivity contribution in [1.29, 1.82) is 0 Å². The van der Waals surface area contributed by atoms with Gasteiger partial charge in [0.25, 0.3) is 0 Å². The second-order valence-corrected chi connectivity index (χ2v) is 9.53. The van der Waals surface area contributed by atoms with Gasteiger partial charge in [-0.05, 0) is 61.4 Å². The zero-order valence-corrected chi connectivity index (χ0v) is 20.5. The van der Waals surface area contributed by atoms with Gasteiger partial charge in [0.05, 0.1) is 24.1 Å². The molecule has 5 nitrogen and oxygen atoms in total. The van der Waals surface area contributed by atoms with Crippen molar-refractivity contribution in [3.05, 3.63) is 77.4 Å². The zero-order valence-electron chi connectivity index (χ0n) is 20.5. The third-order valence-corrected chi connectivity index (χ3v) is 5.28. The van der Waals surface area contributed by atoms with Crippen molar-refractivity contribution in [1.82, 2.24) is 0 Å². The summed E-state index contributed by atoms with van der Waals surface area (Å²) < 4.78 is 85.9. The second kappa shape index (κ2) is 10.5. The Kier molecular flexibility index (Phi) is 7.90. The summed E-state index contributed by atoms with van der Waals surface area (Å²) >= 11 is 0. The third-order valence-electron chi connectivity index (χ3n) is 5.28. The number of ether oxygens (including phenoxy) is 1. The molecule has 3 rings (SSSR count). The van der Waals surface area contributed by atoms with E-state index in [1.54, 1.807) is 42.5 Å². The Labute approximate surface area is 214 Å². The monoisotopic (exact) mass is 539 g/mol. The van der Waals surface area contributed by atoms with Gasteiger partial charge in [-0.2, -0.15) is 26.3 Å². The van der Waals surface area contributed by atoms with Crippen molar-refractivity contribution in [2.75, 3.05) is 4.90 Å². The van der Waals surface area contributed by atoms with Crippen LogP contribution in [0.1, 0.15) is 43.9 Å². The lowest BCUT2D eigenvalue weighted by Crippen LogP contribution is -2.36. The van der Waals surface area contributed by atoms with Gasteiger partial charge < -0.3 is 9.64 Å². The molecule has 0 aromatic heterocycles. The Morgan fingerprint density at radius 2 is 1.32 bits per heavy atom. The van der Waals surface area contributed by atoms with Gasteiger partial charge in [0.15, 0.2) is 0 Å². The summed E-state index contributed by atoms with van der Waals surface area (Å²) in [5, 5.41) is 1.52. The average Bonchev–Trinajstić information content (AvgIpc) is 2.79. The fourth-order valence-electron chi connectivity index (χ4n) is 3.58. The molecule has 0 unspecified atom stereocenters. The highest BCUT2D eigenvalue weighted by atomic mass is 19.4. The minimum atomic E-state index is -5.15. The van der Waals surface area contributed by atoms with E-state index in [2.05, 4.69) is 0 Å². The van der Waals surface area contributed by atoms with Crippen LogP contribution in [0.2, 0.25) is 0 Å². The number of nitrogens with zero attached hydrogens (tertiary/aromatic N) is 1. The molecule has 3 aromatic rings. The van der Waals surface area contributed by atoms with E-state index in [9.17, 15) is 40.7 Å². The van der Waals surface area contributed by atoms with Gasteiger partial charge in [0, 0.05) is 5.69 Å². The van der Waals surface area contributed by atoms with Crippen LogP contribution in [0.3, 0.4) is 0 Å². The Morgan fingerprint density at radius 1 is 0.763 bits per heavy atom. The van der Waals surface area contributed by atoms with Gasteiger partial charge in [-0.3, -0.25) is 9.59 Å². The molecule has 202 valence electrons. The number of hydrogen-bond acceptors (Lipinski definition) is 4. The molecular weight excluding hydrogens is 516 g/mol. The molecule has 0 N–H and O–H groups in total. The van der Waals surface area contributed by atoms with Crippen molar-refractivity contribution in [3.8, 4) is 0 Å². The Bertz CT molecular complexity index is 1340. The van der Waals surface area contributed by atoms with Gasteiger partial charge in [-0.25, -0.2) is 4.79 Å². The summed E-state index contributed by atoms with van der Waals surface area (Å²) in [5.74, 6) is -3.82. The first-order valence-corrected chi connectivity index (χ1v) is 11.3. The summed E-state index contributed by atoms with van der Waals surface area (Å²) in [4.78, 5) is 38.2. The minimum absolute atomic E-state index is 0.0615. The minimum Gasteiger partial charge on any atom is -0.454 e. The molecule has 0 atom stereocenters. The number of alkyl halides is 6. The molecule has 0 aliphatic carbocycles. The zero-order chi connectivity index (χ0) is 28.5. The van der Waals surface area contributed by atoms with E-state index < -0.39 is 65.4 Å². The van der Waals surface area contributed by atoms with Gasteiger partial charge in [0.1, 0.15) is 5.60 Å². The predicted molar refractivity (Wildman–Crippen MR) is 127 cm³/mol. The molecule has 11 heteroatoms. The quantitative estimate of drug-likeness (QED) is 0.151. The lowest BCUT2D eigenvalue weighted by atomic mass is 10.0. The van der Waals surface area contributed by atoms with Crippen LogP contribution in [-0.2, 0) is 38.0 Å². The summed E-state index contributed by atoms with van der Waals surface area (Å²) in [6.07, 6.45) is -11.4. The number of benzene rings is 3. The van der Waals surface area contributed by atoms with E-state index >= 15 is 0 Å². The summed E-state index contributed by atoms with van der Waals surface area (Å²) in [6, 6.07) is 12.6. The summed E-state index contributed by atoms with van der Waals surface area (Å²) in [5.41, 5.74) is -4.69. The lowest BCUT2D eigenvalue weighted by Gasteiger charge is -2.25. The normalized spacial score (nSPS) is 12.3. The molecule has 0 heterocycles. The number of Topliss-reactive ketones (excluding diaryl/α,β-unsaturated/α-hetero) is 1. The Hall–Kier alpha value is -3.89. The molecule has 1 amide bonds. The molecule has 0 spiro atoms. The highest BCUT2D eigenvalue weighted by Gasteiger charge is 2.38. The fourth-order valence-corrected chi connectivity index (χ4v) is 3.58. The molecule has 0 aliphatic heterocycles. The maximum Gasteiger partial charge on any atom is 0.416 e. The standard InChI is InChI=1S/C27H23F6NO4/c1-25(2,3)38-24(37)22(35)14-23(36)34(15-16-8-9-17-6-4-5-7-18(17)10-16)21-12-19(26(28,29)30)11-20(13-21)27(31,32)33/h4-13H,14-15H2,1-3H3. The lowest BCUT2D eigenvalue weighted by molar-refractivity contribution is -0.163. The number of halogens is 6. The third kappa shape index (κ3) is 7.33. The maximum atomic E-state index is 13.5. The van der Waals surface area contributed by atoms with Crippen molar-refractivity contribution >= 4 is 34.1 Å². The maximum absolute atomic E-state index is 13.5. The van der Waals surface area contributed by atoms with E-state index in [1.807, 2.05) is 0 Å². The van der Waals surface area contributed by atoms with Crippen molar-refractivity contribution in [2.45, 2.75) is 51.7 Å². The molecule has 0 bridgehead atoms. The van der Waals surface area contributed by atoms with E-state index in [1.165, 1.54) is 20.8 Å². The highest BCUT2D eigenvalue weighted by molar-refractivity contribution is 6.37. The van der Waals surface area contributed by atoms with Crippen LogP contribution >= 0.6 is 0 Å². The van der Waals surface area contributed by atoms with Crippen LogP contribution < -0.4 is 4.90 Å². The SMILES string of the molecule is CC(C)(C)OC(=O)C(=O)CC(=O)N(Cc1ccc2ccccc2c1)c1cc(C(F)(F)F)cc(C(F)(F)F)c1. The van der Waals surface area contributed by atoms with Gasteiger partial charge in [0.2, 0.25) is 11.7 Å². The number of amides is 1. The molecule has 3 aromatic carbocycles. The summed E-state index contributed by atoms with van der Waals surface area (Å²) in [7, 11) is 0. The predicted octanol–water partition coefficient (Wildman–Crippen LogP) is 6.71. The molecular formula is C27H23F6NO4. The van der Waals surface area contributed by atoms with Crippen LogP contribution in [0.25, 0.3) is 10.8 Å². The number of anilines is 1. The number of carbonyl (C=O) groups is 3. The second-order valence-electron chi connectivity index (χ2n) is 9.53. The van der Waals surface area contributed by atoms with Gasteiger partial charge in [-0.1, -0.05) is 36.4 Å². The van der Waals surface area contributed by atoms with Crippen LogP contribution in [0, 0.1) is 0 Å². The van der Waals surface area contributed by atoms with E-state index in [0.29, 0.717) is 28.0 Å². The van der Waals surface area contributed by atoms with Crippen LogP contribution in [-0.4, -0.2) is 23.3 Å². The Balaban J connectivity index is 2.07. The number of rotatable bonds is 6. The van der Waals surface area contributed by atoms with Crippen LogP contribution in [0.5, 0.6) is 0 Å². The molecule has 0 saturated heterocycles. The van der Waals surface area contributed by atoms with E-state index in [4.69, 9.17) is 4.74 Å². The summed E-state index contributed by atoms with van der Waals surface area (Å²) in [6.45, 7) is 3.97.